The van der Waals surface area contributed by atoms with Gasteiger partial charge in [-0.25, -0.2) is 0 Å². The third-order valence-corrected chi connectivity index (χ3v) is 15.4. The van der Waals surface area contributed by atoms with Crippen LogP contribution < -0.4 is 10.2 Å². The fourth-order valence-corrected chi connectivity index (χ4v) is 11.6. The minimum atomic E-state index is -0.632. The molecule has 3 aliphatic carbocycles. The summed E-state index contributed by atoms with van der Waals surface area (Å²) >= 11 is 0. The minimum Gasteiger partial charge on any atom is -0.508 e. The molecule has 0 radical (unpaired) electrons. The molecular formula is C69H56N2O2. The molecule has 0 saturated carbocycles. The van der Waals surface area contributed by atoms with Crippen LogP contribution in [0.2, 0.25) is 0 Å². The van der Waals surface area contributed by atoms with Gasteiger partial charge in [0.05, 0.1) is 5.41 Å². The van der Waals surface area contributed by atoms with E-state index in [1.54, 1.807) is 12.1 Å². The van der Waals surface area contributed by atoms with E-state index in [1.165, 1.54) is 39.0 Å². The van der Waals surface area contributed by atoms with Gasteiger partial charge in [0.15, 0.2) is 0 Å². The molecule has 12 rings (SSSR count). The number of hydrogen-bond acceptors (Lipinski definition) is 4. The maximum atomic E-state index is 11.0. The number of nitrogens with zero attached hydrogens (tertiary/aromatic N) is 1. The van der Waals surface area contributed by atoms with Gasteiger partial charge in [-0.15, -0.1) is 0 Å². The smallest absolute Gasteiger partial charge is 0.116 e. The van der Waals surface area contributed by atoms with E-state index in [4.69, 9.17) is 0 Å². The number of nitrogens with one attached hydrogen (secondary N) is 1. The summed E-state index contributed by atoms with van der Waals surface area (Å²) in [5.41, 5.74) is 19.4. The number of aromatic hydroxyl groups is 2. The topological polar surface area (TPSA) is 55.7 Å². The number of phenols is 2. The third kappa shape index (κ3) is 8.25. The molecule has 0 saturated heterocycles. The molecule has 0 heterocycles. The summed E-state index contributed by atoms with van der Waals surface area (Å²) in [6.45, 7) is 4.50. The normalized spacial score (nSPS) is 17.3. The van der Waals surface area contributed by atoms with Gasteiger partial charge in [-0.05, 0) is 165 Å². The van der Waals surface area contributed by atoms with E-state index in [-0.39, 0.29) is 23.0 Å². The molecule has 0 spiro atoms. The second-order valence-electron chi connectivity index (χ2n) is 19.9. The Balaban J connectivity index is 0.902. The largest absolute Gasteiger partial charge is 0.508 e. The highest BCUT2D eigenvalue weighted by Crippen LogP contribution is 2.57. The summed E-state index contributed by atoms with van der Waals surface area (Å²) in [5.74, 6) is 0.519. The first-order valence-corrected chi connectivity index (χ1v) is 25.3. The van der Waals surface area contributed by atoms with Crippen molar-refractivity contribution in [3.8, 4) is 44.9 Å². The quantitative estimate of drug-likeness (QED) is 0.113. The van der Waals surface area contributed by atoms with Gasteiger partial charge in [0.25, 0.3) is 0 Å². The Hall–Kier alpha value is -8.86. The molecule has 73 heavy (non-hydrogen) atoms. The average Bonchev–Trinajstić information content (AvgIpc) is 3.73. The standard InChI is InChI=1S/C69H56N2O2/c1-47-41-42-68(2,46-64(47)63-44-59(72)37-40-67(63)70-55-21-13-6-14-22-55)52-28-34-58(35-29-52)71(56-30-23-49(24-31-56)48-15-7-3-8-16-48)57-32-25-50(26-33-57)51-27-38-61-62-39-36-60(73)45-66(62)69(65(61)43-51,53-17-9-4-10-18-53)54-19-11-5-12-20-54/h3-21,23-45,55,70,72-73H,22,46H2,1-2H3. The Labute approximate surface area is 428 Å². The van der Waals surface area contributed by atoms with Crippen molar-refractivity contribution >= 4 is 28.3 Å². The van der Waals surface area contributed by atoms with Crippen molar-refractivity contribution < 1.29 is 10.2 Å². The van der Waals surface area contributed by atoms with E-state index in [9.17, 15) is 10.2 Å². The highest BCUT2D eigenvalue weighted by Gasteiger charge is 2.46. The van der Waals surface area contributed by atoms with E-state index in [2.05, 4.69) is 249 Å². The van der Waals surface area contributed by atoms with Gasteiger partial charge >= 0.3 is 0 Å². The monoisotopic (exact) mass is 944 g/mol. The van der Waals surface area contributed by atoms with Crippen molar-refractivity contribution in [2.75, 3.05) is 10.2 Å². The van der Waals surface area contributed by atoms with Gasteiger partial charge in [0, 0.05) is 39.8 Å². The van der Waals surface area contributed by atoms with E-state index >= 15 is 0 Å². The van der Waals surface area contributed by atoms with E-state index < -0.39 is 5.41 Å². The molecule has 354 valence electrons. The maximum absolute atomic E-state index is 11.0. The number of benzene rings is 9. The lowest BCUT2D eigenvalue weighted by Crippen LogP contribution is -2.28. The van der Waals surface area contributed by atoms with Gasteiger partial charge < -0.3 is 20.4 Å². The molecule has 0 bridgehead atoms. The zero-order valence-corrected chi connectivity index (χ0v) is 41.1. The van der Waals surface area contributed by atoms with Gasteiger partial charge in [-0.3, -0.25) is 0 Å². The maximum Gasteiger partial charge on any atom is 0.116 e. The molecule has 0 aliphatic heterocycles. The highest BCUT2D eigenvalue weighted by molar-refractivity contribution is 5.90. The van der Waals surface area contributed by atoms with Crippen molar-refractivity contribution in [3.63, 3.8) is 0 Å². The Bertz CT molecular complexity index is 3570. The predicted octanol–water partition coefficient (Wildman–Crippen LogP) is 17.3. The fraction of sp³-hybridized carbons (Fsp3) is 0.101. The molecular weight excluding hydrogens is 889 g/mol. The lowest BCUT2D eigenvalue weighted by Gasteiger charge is -2.34. The van der Waals surface area contributed by atoms with E-state index in [1.807, 2.05) is 18.2 Å². The first-order chi connectivity index (χ1) is 35.7. The second-order valence-corrected chi connectivity index (χ2v) is 19.9. The lowest BCUT2D eigenvalue weighted by atomic mass is 9.67. The van der Waals surface area contributed by atoms with Crippen LogP contribution in [0.3, 0.4) is 0 Å². The first-order valence-electron chi connectivity index (χ1n) is 25.3. The summed E-state index contributed by atoms with van der Waals surface area (Å²) in [6.07, 6.45) is 14.9. The van der Waals surface area contributed by atoms with Gasteiger partial charge in [-0.1, -0.05) is 189 Å². The molecule has 0 aromatic heterocycles. The fourth-order valence-electron chi connectivity index (χ4n) is 11.6. The molecule has 4 heteroatoms. The second kappa shape index (κ2) is 18.7. The first kappa shape index (κ1) is 45.3. The van der Waals surface area contributed by atoms with Crippen molar-refractivity contribution in [3.05, 3.63) is 294 Å². The molecule has 3 aliphatic rings. The number of phenolic OH excluding ortho intramolecular Hbond substituents is 2. The molecule has 9 aromatic rings. The molecule has 2 atom stereocenters. The van der Waals surface area contributed by atoms with Crippen LogP contribution in [0.15, 0.2) is 260 Å². The molecule has 3 N–H and O–H groups in total. The predicted molar refractivity (Wildman–Crippen MR) is 303 cm³/mol. The summed E-state index contributed by atoms with van der Waals surface area (Å²) in [6, 6.07) is 77.5. The Kier molecular flexibility index (Phi) is 11.6. The van der Waals surface area contributed by atoms with Gasteiger partial charge in [-0.2, -0.15) is 0 Å². The molecule has 0 fully saturated rings. The summed E-state index contributed by atoms with van der Waals surface area (Å²) in [7, 11) is 0. The average molecular weight is 945 g/mol. The third-order valence-electron chi connectivity index (χ3n) is 15.4. The molecule has 9 aromatic carbocycles. The molecule has 4 nitrogen and oxygen atoms in total. The van der Waals surface area contributed by atoms with Crippen molar-refractivity contribution in [1.29, 1.82) is 0 Å². The SMILES string of the molecule is CC1=C(c2cc(O)ccc2NC2C=CC=CC2)CC(C)(c2ccc(N(c3ccc(-c4ccccc4)cc3)c3ccc(-c4ccc5c(c4)C(c4ccccc4)(c4ccccc4)c4cc(O)ccc4-5)cc3)cc2)C=C1. The highest BCUT2D eigenvalue weighted by atomic mass is 16.3. The van der Waals surface area contributed by atoms with Crippen LogP contribution in [0, 0.1) is 0 Å². The summed E-state index contributed by atoms with van der Waals surface area (Å²) in [4.78, 5) is 2.35. The van der Waals surface area contributed by atoms with Crippen LogP contribution in [-0.4, -0.2) is 16.3 Å². The zero-order chi connectivity index (χ0) is 49.5. The number of fused-ring (bicyclic) bond motifs is 3. The Morgan fingerprint density at radius 3 is 1.63 bits per heavy atom. The Morgan fingerprint density at radius 2 is 1.01 bits per heavy atom. The van der Waals surface area contributed by atoms with Crippen LogP contribution in [0.1, 0.15) is 60.1 Å². The molecule has 2 unspecified atom stereocenters. The van der Waals surface area contributed by atoms with Gasteiger partial charge in [0.2, 0.25) is 0 Å². The minimum absolute atomic E-state index is 0.190. The van der Waals surface area contributed by atoms with Crippen molar-refractivity contribution in [2.24, 2.45) is 0 Å². The molecule has 0 amide bonds. The van der Waals surface area contributed by atoms with E-state index in [0.717, 1.165) is 74.5 Å². The van der Waals surface area contributed by atoms with Crippen LogP contribution in [0.25, 0.3) is 39.0 Å². The van der Waals surface area contributed by atoms with Crippen LogP contribution in [0.4, 0.5) is 22.7 Å². The van der Waals surface area contributed by atoms with Crippen LogP contribution in [0.5, 0.6) is 11.5 Å². The van der Waals surface area contributed by atoms with Crippen LogP contribution in [-0.2, 0) is 10.8 Å². The Morgan fingerprint density at radius 1 is 0.493 bits per heavy atom. The summed E-state index contributed by atoms with van der Waals surface area (Å²) < 4.78 is 0. The summed E-state index contributed by atoms with van der Waals surface area (Å²) in [5, 5.41) is 25.6. The van der Waals surface area contributed by atoms with Crippen molar-refractivity contribution in [2.45, 2.75) is 43.6 Å². The number of allylic oxidation sites excluding steroid dienone is 6. The van der Waals surface area contributed by atoms with E-state index in [0.29, 0.717) is 0 Å². The van der Waals surface area contributed by atoms with Crippen molar-refractivity contribution in [1.82, 2.24) is 0 Å². The number of anilines is 4. The van der Waals surface area contributed by atoms with Crippen LogP contribution >= 0.6 is 0 Å². The number of rotatable bonds is 11. The zero-order valence-electron chi connectivity index (χ0n) is 41.1. The van der Waals surface area contributed by atoms with Gasteiger partial charge in [0.1, 0.15) is 11.5 Å². The lowest BCUT2D eigenvalue weighted by molar-refractivity contribution is 0.473. The number of hydrogen-bond donors (Lipinski definition) is 3.